The van der Waals surface area contributed by atoms with E-state index in [1.165, 1.54) is 25.1 Å². The Morgan fingerprint density at radius 3 is 2.76 bits per heavy atom. The number of hydrogen-bond donors (Lipinski definition) is 3. The van der Waals surface area contributed by atoms with Crippen molar-refractivity contribution in [2.24, 2.45) is 0 Å². The summed E-state index contributed by atoms with van der Waals surface area (Å²) in [7, 11) is 0. The van der Waals surface area contributed by atoms with Crippen LogP contribution < -0.4 is 5.32 Å². The van der Waals surface area contributed by atoms with Gasteiger partial charge >= 0.3 is 0 Å². The van der Waals surface area contributed by atoms with E-state index in [1.807, 2.05) is 0 Å². The molecule has 4 nitrogen and oxygen atoms in total. The van der Waals surface area contributed by atoms with Crippen LogP contribution in [-0.4, -0.2) is 28.8 Å². The first kappa shape index (κ1) is 13.9. The molecule has 0 saturated carbocycles. The number of amides is 1. The van der Waals surface area contributed by atoms with Gasteiger partial charge in [-0.2, -0.15) is 0 Å². The minimum absolute atomic E-state index is 0.102. The van der Waals surface area contributed by atoms with Gasteiger partial charge in [0.05, 0.1) is 5.02 Å². The lowest BCUT2D eigenvalue weighted by Gasteiger charge is -2.19. The summed E-state index contributed by atoms with van der Waals surface area (Å²) in [6, 6.07) is 4.13. The third-order valence-electron chi connectivity index (χ3n) is 2.22. The van der Waals surface area contributed by atoms with E-state index < -0.39 is 18.0 Å². The van der Waals surface area contributed by atoms with Gasteiger partial charge in [0.25, 0.3) is 0 Å². The van der Waals surface area contributed by atoms with Gasteiger partial charge in [-0.3, -0.25) is 4.79 Å². The number of aliphatic hydroxyl groups is 2. The normalized spacial score (nSPS) is 14.2. The van der Waals surface area contributed by atoms with Crippen LogP contribution in [0.25, 0.3) is 0 Å². The Hall–Kier alpha value is -1.17. The van der Waals surface area contributed by atoms with E-state index in [0.29, 0.717) is 0 Å². The van der Waals surface area contributed by atoms with Crippen LogP contribution in [0.4, 0.5) is 4.39 Å². The van der Waals surface area contributed by atoms with Gasteiger partial charge in [0.1, 0.15) is 18.0 Å². The highest BCUT2D eigenvalue weighted by Crippen LogP contribution is 2.25. The number of hydrogen-bond acceptors (Lipinski definition) is 3. The lowest BCUT2D eigenvalue weighted by molar-refractivity contribution is -0.119. The van der Waals surface area contributed by atoms with Crippen molar-refractivity contribution in [3.8, 4) is 0 Å². The average molecular weight is 262 g/mol. The predicted molar refractivity (Wildman–Crippen MR) is 61.1 cm³/mol. The van der Waals surface area contributed by atoms with Gasteiger partial charge in [0, 0.05) is 19.0 Å². The zero-order valence-electron chi connectivity index (χ0n) is 9.15. The molecule has 94 valence electrons. The Balaban J connectivity index is 2.77. The van der Waals surface area contributed by atoms with E-state index in [2.05, 4.69) is 5.32 Å². The highest BCUT2D eigenvalue weighted by molar-refractivity contribution is 6.30. The number of nitrogens with one attached hydrogen (secondary N) is 1. The molecule has 0 radical (unpaired) electrons. The van der Waals surface area contributed by atoms with Gasteiger partial charge in [0.15, 0.2) is 0 Å². The number of carbonyl (C=O) groups is 1. The molecular weight excluding hydrogens is 249 g/mol. The van der Waals surface area contributed by atoms with Crippen LogP contribution in [-0.2, 0) is 4.79 Å². The largest absolute Gasteiger partial charge is 0.388 e. The molecule has 0 heterocycles. The summed E-state index contributed by atoms with van der Waals surface area (Å²) in [5.74, 6) is -1.12. The summed E-state index contributed by atoms with van der Waals surface area (Å²) < 4.78 is 13.5. The third kappa shape index (κ3) is 3.66. The minimum Gasteiger partial charge on any atom is -0.388 e. The summed E-state index contributed by atoms with van der Waals surface area (Å²) >= 11 is 5.55. The number of rotatable bonds is 4. The summed E-state index contributed by atoms with van der Waals surface area (Å²) in [6.45, 7) is 1.11. The Bertz CT molecular complexity index is 414. The van der Waals surface area contributed by atoms with E-state index in [4.69, 9.17) is 11.6 Å². The van der Waals surface area contributed by atoms with Crippen LogP contribution in [0.15, 0.2) is 18.2 Å². The third-order valence-corrected chi connectivity index (χ3v) is 2.52. The van der Waals surface area contributed by atoms with E-state index in [0.717, 1.165) is 0 Å². The molecule has 2 unspecified atom stereocenters. The van der Waals surface area contributed by atoms with Crippen molar-refractivity contribution >= 4 is 17.5 Å². The first-order chi connectivity index (χ1) is 7.93. The molecule has 0 aliphatic heterocycles. The van der Waals surface area contributed by atoms with Gasteiger partial charge in [-0.15, -0.1) is 0 Å². The second-order valence-electron chi connectivity index (χ2n) is 3.59. The van der Waals surface area contributed by atoms with Crippen molar-refractivity contribution in [2.75, 3.05) is 6.54 Å². The molecule has 0 bridgehead atoms. The zero-order chi connectivity index (χ0) is 13.0. The van der Waals surface area contributed by atoms with Crippen molar-refractivity contribution in [3.63, 3.8) is 0 Å². The Kier molecular flexibility index (Phi) is 4.86. The number of benzene rings is 1. The monoisotopic (exact) mass is 261 g/mol. The molecule has 1 aromatic rings. The van der Waals surface area contributed by atoms with E-state index >= 15 is 0 Å². The summed E-state index contributed by atoms with van der Waals surface area (Å²) in [4.78, 5) is 10.6. The SMILES string of the molecule is CC(=O)NCC(O)C(O)c1cccc(Cl)c1F. The molecule has 6 heteroatoms. The standard InChI is InChI=1S/C11H13ClFNO3/c1-6(15)14-5-9(16)11(17)7-3-2-4-8(12)10(7)13/h2-4,9,11,16-17H,5H2,1H3,(H,14,15). The molecule has 0 fully saturated rings. The predicted octanol–water partition coefficient (Wildman–Crippen LogP) is 1.01. The lowest BCUT2D eigenvalue weighted by Crippen LogP contribution is -2.34. The first-order valence-corrected chi connectivity index (χ1v) is 5.35. The van der Waals surface area contributed by atoms with Crippen LogP contribution in [0.3, 0.4) is 0 Å². The molecule has 0 aliphatic carbocycles. The highest BCUT2D eigenvalue weighted by Gasteiger charge is 2.22. The average Bonchev–Trinajstić information content (AvgIpc) is 2.28. The van der Waals surface area contributed by atoms with Crippen molar-refractivity contribution in [1.82, 2.24) is 5.32 Å². The summed E-state index contributed by atoms with van der Waals surface area (Å²) in [5.41, 5.74) is -0.102. The van der Waals surface area contributed by atoms with Crippen molar-refractivity contribution in [3.05, 3.63) is 34.6 Å². The second-order valence-corrected chi connectivity index (χ2v) is 4.00. The molecule has 17 heavy (non-hydrogen) atoms. The molecule has 1 amide bonds. The highest BCUT2D eigenvalue weighted by atomic mass is 35.5. The van der Waals surface area contributed by atoms with Crippen LogP contribution in [0.2, 0.25) is 5.02 Å². The Morgan fingerprint density at radius 2 is 2.18 bits per heavy atom. The Labute approximate surface area is 103 Å². The van der Waals surface area contributed by atoms with Crippen molar-refractivity contribution < 1.29 is 19.4 Å². The second kappa shape index (κ2) is 5.95. The molecule has 1 aromatic carbocycles. The molecular formula is C11H13ClFNO3. The van der Waals surface area contributed by atoms with Gasteiger partial charge in [-0.25, -0.2) is 4.39 Å². The molecule has 3 N–H and O–H groups in total. The number of carbonyl (C=O) groups excluding carboxylic acids is 1. The quantitative estimate of drug-likeness (QED) is 0.758. The first-order valence-electron chi connectivity index (χ1n) is 4.98. The molecule has 2 atom stereocenters. The van der Waals surface area contributed by atoms with E-state index in [9.17, 15) is 19.4 Å². The van der Waals surface area contributed by atoms with Gasteiger partial charge in [-0.1, -0.05) is 23.7 Å². The van der Waals surface area contributed by atoms with E-state index in [1.54, 1.807) is 0 Å². The van der Waals surface area contributed by atoms with Crippen LogP contribution in [0, 0.1) is 5.82 Å². The minimum atomic E-state index is -1.44. The Morgan fingerprint density at radius 1 is 1.53 bits per heavy atom. The van der Waals surface area contributed by atoms with Gasteiger partial charge in [0.2, 0.25) is 5.91 Å². The molecule has 0 saturated heterocycles. The maximum atomic E-state index is 13.5. The van der Waals surface area contributed by atoms with Crippen molar-refractivity contribution in [1.29, 1.82) is 0 Å². The van der Waals surface area contributed by atoms with Crippen LogP contribution in [0.5, 0.6) is 0 Å². The van der Waals surface area contributed by atoms with Crippen molar-refractivity contribution in [2.45, 2.75) is 19.1 Å². The summed E-state index contributed by atoms with van der Waals surface area (Å²) in [5, 5.41) is 21.5. The van der Waals surface area contributed by atoms with Crippen LogP contribution >= 0.6 is 11.6 Å². The maximum absolute atomic E-state index is 13.5. The lowest BCUT2D eigenvalue weighted by atomic mass is 10.0. The fourth-order valence-corrected chi connectivity index (χ4v) is 1.50. The number of halogens is 2. The topological polar surface area (TPSA) is 69.6 Å². The van der Waals surface area contributed by atoms with Gasteiger partial charge in [-0.05, 0) is 6.07 Å². The molecule has 0 aromatic heterocycles. The van der Waals surface area contributed by atoms with Gasteiger partial charge < -0.3 is 15.5 Å². The molecule has 1 rings (SSSR count). The smallest absolute Gasteiger partial charge is 0.216 e. The molecule has 0 aliphatic rings. The fraction of sp³-hybridized carbons (Fsp3) is 0.364. The zero-order valence-corrected chi connectivity index (χ0v) is 9.91. The van der Waals surface area contributed by atoms with E-state index in [-0.39, 0.29) is 23.0 Å². The summed E-state index contributed by atoms with van der Waals surface area (Å²) in [6.07, 6.45) is -2.74. The maximum Gasteiger partial charge on any atom is 0.216 e. The van der Waals surface area contributed by atoms with Crippen LogP contribution in [0.1, 0.15) is 18.6 Å². The fourth-order valence-electron chi connectivity index (χ4n) is 1.32. The number of aliphatic hydroxyl groups excluding tert-OH is 2. The molecule has 0 spiro atoms.